The van der Waals surface area contributed by atoms with Crippen LogP contribution in [0, 0.1) is 11.6 Å². The predicted molar refractivity (Wildman–Crippen MR) is 93.2 cm³/mol. The van der Waals surface area contributed by atoms with E-state index in [2.05, 4.69) is 4.98 Å². The number of carbonyl (C=O) groups is 1. The number of halogens is 2. The Bertz CT molecular complexity index is 776. The summed E-state index contributed by atoms with van der Waals surface area (Å²) in [5.74, 6) is -0.763. The van der Waals surface area contributed by atoms with Gasteiger partial charge in [0.05, 0.1) is 11.8 Å². The molecule has 1 fully saturated rings. The number of amides is 1. The molecule has 7 heteroatoms. The minimum Gasteiger partial charge on any atom is -0.441 e. The van der Waals surface area contributed by atoms with Gasteiger partial charge >= 0.3 is 0 Å². The average Bonchev–Trinajstić information content (AvgIpc) is 3.08. The number of benzene rings is 1. The van der Waals surface area contributed by atoms with Gasteiger partial charge in [0, 0.05) is 37.5 Å². The van der Waals surface area contributed by atoms with Crippen molar-refractivity contribution in [1.29, 1.82) is 0 Å². The molecule has 0 radical (unpaired) electrons. The molecule has 1 aromatic heterocycles. The van der Waals surface area contributed by atoms with E-state index in [-0.39, 0.29) is 35.7 Å². The average molecular weight is 363 g/mol. The molecule has 0 saturated carbocycles. The fourth-order valence-corrected chi connectivity index (χ4v) is 3.41. The minimum atomic E-state index is -0.711. The van der Waals surface area contributed by atoms with Crippen LogP contribution in [0.1, 0.15) is 38.5 Å². The van der Waals surface area contributed by atoms with E-state index in [1.807, 2.05) is 11.8 Å². The van der Waals surface area contributed by atoms with E-state index in [0.717, 1.165) is 37.9 Å². The second-order valence-electron chi connectivity index (χ2n) is 6.75. The Balaban J connectivity index is 1.63. The molecule has 1 saturated heterocycles. The van der Waals surface area contributed by atoms with Gasteiger partial charge in [0.2, 0.25) is 5.91 Å². The summed E-state index contributed by atoms with van der Waals surface area (Å²) in [6, 6.07) is 3.28. The van der Waals surface area contributed by atoms with Crippen LogP contribution < -0.4 is 5.73 Å². The molecule has 3 rings (SSSR count). The van der Waals surface area contributed by atoms with E-state index >= 15 is 0 Å². The fourth-order valence-electron chi connectivity index (χ4n) is 3.41. The number of nitrogens with two attached hydrogens (primary N) is 1. The number of nitrogens with zero attached hydrogens (tertiary/aromatic N) is 2. The fraction of sp³-hybridized carbons (Fsp3) is 0.474. The highest BCUT2D eigenvalue weighted by Crippen LogP contribution is 2.25. The topological polar surface area (TPSA) is 72.4 Å². The van der Waals surface area contributed by atoms with Crippen molar-refractivity contribution in [2.24, 2.45) is 5.73 Å². The molecule has 1 aliphatic rings. The van der Waals surface area contributed by atoms with Crippen LogP contribution in [0.2, 0.25) is 0 Å². The number of carbonyl (C=O) groups excluding carboxylic acids is 1. The van der Waals surface area contributed by atoms with E-state index in [1.54, 1.807) is 0 Å². The Labute approximate surface area is 151 Å². The van der Waals surface area contributed by atoms with Crippen molar-refractivity contribution in [1.82, 2.24) is 9.88 Å². The highest BCUT2D eigenvalue weighted by atomic mass is 19.1. The highest BCUT2D eigenvalue weighted by Gasteiger charge is 2.29. The Kier molecular flexibility index (Phi) is 5.66. The standard InChI is InChI=1S/C19H23F2N3O2/c1-12(22)16-4-2-3-9-24(16)19(25)8-7-18-23-11-17(26-18)14-6-5-13(20)10-15(14)21/h5-6,10-12,16H,2-4,7-9,22H2,1H3. The summed E-state index contributed by atoms with van der Waals surface area (Å²) in [6.07, 6.45) is 4.97. The van der Waals surface area contributed by atoms with E-state index in [0.29, 0.717) is 12.3 Å². The van der Waals surface area contributed by atoms with Gasteiger partial charge < -0.3 is 15.1 Å². The van der Waals surface area contributed by atoms with Crippen LogP contribution in [-0.2, 0) is 11.2 Å². The molecule has 0 bridgehead atoms. The summed E-state index contributed by atoms with van der Waals surface area (Å²) >= 11 is 0. The number of hydrogen-bond acceptors (Lipinski definition) is 4. The highest BCUT2D eigenvalue weighted by molar-refractivity contribution is 5.77. The molecule has 1 aliphatic heterocycles. The van der Waals surface area contributed by atoms with Crippen molar-refractivity contribution in [2.75, 3.05) is 6.54 Å². The van der Waals surface area contributed by atoms with Crippen molar-refractivity contribution in [3.63, 3.8) is 0 Å². The van der Waals surface area contributed by atoms with Crippen LogP contribution in [-0.4, -0.2) is 34.4 Å². The molecular formula is C19H23F2N3O2. The summed E-state index contributed by atoms with van der Waals surface area (Å²) in [7, 11) is 0. The predicted octanol–water partition coefficient (Wildman–Crippen LogP) is 3.28. The molecule has 0 aliphatic carbocycles. The second kappa shape index (κ2) is 7.95. The number of aromatic nitrogens is 1. The largest absolute Gasteiger partial charge is 0.441 e. The minimum absolute atomic E-state index is 0.0275. The summed E-state index contributed by atoms with van der Waals surface area (Å²) < 4.78 is 32.4. The first kappa shape index (κ1) is 18.5. The van der Waals surface area contributed by atoms with E-state index in [1.165, 1.54) is 12.3 Å². The summed E-state index contributed by atoms with van der Waals surface area (Å²) in [5.41, 5.74) is 6.15. The van der Waals surface area contributed by atoms with Crippen LogP contribution in [0.25, 0.3) is 11.3 Å². The molecule has 2 atom stereocenters. The Morgan fingerprint density at radius 1 is 1.42 bits per heavy atom. The third-order valence-electron chi connectivity index (χ3n) is 4.78. The number of likely N-dealkylation sites (tertiary alicyclic amines) is 1. The Hall–Kier alpha value is -2.28. The first-order valence-electron chi connectivity index (χ1n) is 8.91. The normalized spacial score (nSPS) is 18.8. The van der Waals surface area contributed by atoms with Gasteiger partial charge in [-0.25, -0.2) is 13.8 Å². The van der Waals surface area contributed by atoms with Crippen molar-refractivity contribution >= 4 is 5.91 Å². The zero-order valence-electron chi connectivity index (χ0n) is 14.8. The van der Waals surface area contributed by atoms with Gasteiger partial charge in [-0.1, -0.05) is 0 Å². The van der Waals surface area contributed by atoms with E-state index in [4.69, 9.17) is 10.2 Å². The van der Waals surface area contributed by atoms with Gasteiger partial charge in [-0.15, -0.1) is 0 Å². The summed E-state index contributed by atoms with van der Waals surface area (Å²) in [6.45, 7) is 2.65. The SMILES string of the molecule is CC(N)C1CCCCN1C(=O)CCc1ncc(-c2ccc(F)cc2F)o1. The first-order chi connectivity index (χ1) is 12.5. The number of rotatable bonds is 5. The van der Waals surface area contributed by atoms with Crippen LogP contribution in [0.15, 0.2) is 28.8 Å². The maximum Gasteiger partial charge on any atom is 0.223 e. The van der Waals surface area contributed by atoms with Gasteiger partial charge in [-0.05, 0) is 38.3 Å². The van der Waals surface area contributed by atoms with Crippen LogP contribution in [0.5, 0.6) is 0 Å². The van der Waals surface area contributed by atoms with Gasteiger partial charge in [0.15, 0.2) is 11.7 Å². The lowest BCUT2D eigenvalue weighted by molar-refractivity contribution is -0.135. The number of aryl methyl sites for hydroxylation is 1. The van der Waals surface area contributed by atoms with Crippen molar-refractivity contribution in [3.05, 3.63) is 41.9 Å². The zero-order chi connectivity index (χ0) is 18.7. The van der Waals surface area contributed by atoms with E-state index in [9.17, 15) is 13.6 Å². The van der Waals surface area contributed by atoms with Crippen molar-refractivity contribution in [2.45, 2.75) is 51.1 Å². The quantitative estimate of drug-likeness (QED) is 0.885. The smallest absolute Gasteiger partial charge is 0.223 e. The molecule has 2 unspecified atom stereocenters. The first-order valence-corrected chi connectivity index (χ1v) is 8.91. The van der Waals surface area contributed by atoms with Gasteiger partial charge in [-0.3, -0.25) is 4.79 Å². The number of piperidine rings is 1. The molecule has 1 amide bonds. The molecule has 5 nitrogen and oxygen atoms in total. The van der Waals surface area contributed by atoms with Gasteiger partial charge in [0.1, 0.15) is 11.6 Å². The Morgan fingerprint density at radius 3 is 2.96 bits per heavy atom. The maximum atomic E-state index is 13.8. The zero-order valence-corrected chi connectivity index (χ0v) is 14.8. The summed E-state index contributed by atoms with van der Waals surface area (Å²) in [4.78, 5) is 18.5. The molecule has 2 heterocycles. The van der Waals surface area contributed by atoms with Crippen molar-refractivity contribution in [3.8, 4) is 11.3 Å². The van der Waals surface area contributed by atoms with Crippen molar-refractivity contribution < 1.29 is 18.0 Å². The maximum absolute atomic E-state index is 13.8. The summed E-state index contributed by atoms with van der Waals surface area (Å²) in [5, 5.41) is 0. The van der Waals surface area contributed by atoms with Crippen LogP contribution in [0.3, 0.4) is 0 Å². The molecule has 2 aromatic rings. The van der Waals surface area contributed by atoms with Gasteiger partial charge in [-0.2, -0.15) is 0 Å². The number of hydrogen-bond donors (Lipinski definition) is 1. The molecule has 0 spiro atoms. The van der Waals surface area contributed by atoms with E-state index < -0.39 is 11.6 Å². The molecular weight excluding hydrogens is 340 g/mol. The van der Waals surface area contributed by atoms with Crippen LogP contribution in [0.4, 0.5) is 8.78 Å². The third kappa shape index (κ3) is 4.09. The lowest BCUT2D eigenvalue weighted by Crippen LogP contribution is -2.51. The molecule has 2 N–H and O–H groups in total. The second-order valence-corrected chi connectivity index (χ2v) is 6.75. The van der Waals surface area contributed by atoms with Gasteiger partial charge in [0.25, 0.3) is 0 Å². The monoisotopic (exact) mass is 363 g/mol. The molecule has 26 heavy (non-hydrogen) atoms. The lowest BCUT2D eigenvalue weighted by atomic mass is 9.96. The van der Waals surface area contributed by atoms with Crippen LogP contribution >= 0.6 is 0 Å². The Morgan fingerprint density at radius 2 is 2.23 bits per heavy atom. The molecule has 140 valence electrons. The lowest BCUT2D eigenvalue weighted by Gasteiger charge is -2.38. The number of oxazole rings is 1. The third-order valence-corrected chi connectivity index (χ3v) is 4.78. The molecule has 1 aromatic carbocycles.